The van der Waals surface area contributed by atoms with Gasteiger partial charge in [-0.05, 0) is 24.7 Å². The SMILES string of the molecule is O=C1C2C3CCCC3CN2C(=O)N1CC(F)(F)F. The first-order valence-electron chi connectivity index (χ1n) is 6.07. The van der Waals surface area contributed by atoms with Crippen molar-refractivity contribution in [3.05, 3.63) is 0 Å². The number of hydrogen-bond acceptors (Lipinski definition) is 2. The quantitative estimate of drug-likeness (QED) is 0.674. The molecule has 0 spiro atoms. The molecule has 3 unspecified atom stereocenters. The highest BCUT2D eigenvalue weighted by molar-refractivity contribution is 6.05. The Morgan fingerprint density at radius 3 is 2.61 bits per heavy atom. The van der Waals surface area contributed by atoms with Gasteiger partial charge >= 0.3 is 12.2 Å². The summed E-state index contributed by atoms with van der Waals surface area (Å²) in [6, 6.07) is -1.40. The number of rotatable bonds is 1. The Bertz CT molecular complexity index is 410. The van der Waals surface area contributed by atoms with E-state index in [1.807, 2.05) is 0 Å². The van der Waals surface area contributed by atoms with E-state index in [1.54, 1.807) is 0 Å². The number of amides is 3. The van der Waals surface area contributed by atoms with Crippen LogP contribution < -0.4 is 0 Å². The summed E-state index contributed by atoms with van der Waals surface area (Å²) in [4.78, 5) is 25.5. The Morgan fingerprint density at radius 1 is 1.22 bits per heavy atom. The topological polar surface area (TPSA) is 40.6 Å². The summed E-state index contributed by atoms with van der Waals surface area (Å²) < 4.78 is 37.0. The standard InChI is InChI=1S/C11H13F3N2O2/c12-11(13,14)5-16-9(17)8-7-3-1-2-6(7)4-15(8)10(16)18/h6-8H,1-5H2. The van der Waals surface area contributed by atoms with Crippen LogP contribution in [0.2, 0.25) is 0 Å². The fraction of sp³-hybridized carbons (Fsp3) is 0.818. The second-order valence-electron chi connectivity index (χ2n) is 5.27. The monoisotopic (exact) mass is 262 g/mol. The van der Waals surface area contributed by atoms with Gasteiger partial charge in [-0.15, -0.1) is 0 Å². The Balaban J connectivity index is 1.83. The molecule has 3 atom stereocenters. The lowest BCUT2D eigenvalue weighted by molar-refractivity contribution is -0.153. The van der Waals surface area contributed by atoms with E-state index >= 15 is 0 Å². The third-order valence-electron chi connectivity index (χ3n) is 4.22. The summed E-state index contributed by atoms with van der Waals surface area (Å²) in [5.41, 5.74) is 0. The molecule has 7 heteroatoms. The molecule has 3 fully saturated rings. The van der Waals surface area contributed by atoms with Crippen molar-refractivity contribution in [2.45, 2.75) is 31.5 Å². The van der Waals surface area contributed by atoms with E-state index in [9.17, 15) is 22.8 Å². The van der Waals surface area contributed by atoms with Gasteiger partial charge < -0.3 is 4.90 Å². The van der Waals surface area contributed by atoms with E-state index in [0.29, 0.717) is 17.4 Å². The van der Waals surface area contributed by atoms with Crippen molar-refractivity contribution < 1.29 is 22.8 Å². The first kappa shape index (κ1) is 11.8. The summed E-state index contributed by atoms with van der Waals surface area (Å²) in [5, 5.41) is 0. The Kier molecular flexibility index (Phi) is 2.37. The van der Waals surface area contributed by atoms with Crippen LogP contribution in [0, 0.1) is 11.8 Å². The van der Waals surface area contributed by atoms with E-state index in [4.69, 9.17) is 0 Å². The molecule has 18 heavy (non-hydrogen) atoms. The number of imide groups is 1. The van der Waals surface area contributed by atoms with Crippen molar-refractivity contribution in [2.75, 3.05) is 13.1 Å². The minimum atomic E-state index is -4.53. The van der Waals surface area contributed by atoms with Crippen LogP contribution in [0.3, 0.4) is 0 Å². The molecule has 1 aliphatic carbocycles. The fourth-order valence-electron chi connectivity index (χ4n) is 3.55. The first-order valence-corrected chi connectivity index (χ1v) is 6.07. The zero-order valence-electron chi connectivity index (χ0n) is 9.61. The van der Waals surface area contributed by atoms with Crippen molar-refractivity contribution in [1.82, 2.24) is 9.80 Å². The van der Waals surface area contributed by atoms with Gasteiger partial charge in [-0.2, -0.15) is 13.2 Å². The molecular formula is C11H13F3N2O2. The molecular weight excluding hydrogens is 249 g/mol. The van der Waals surface area contributed by atoms with E-state index in [2.05, 4.69) is 0 Å². The van der Waals surface area contributed by atoms with Gasteiger partial charge in [-0.3, -0.25) is 9.69 Å². The van der Waals surface area contributed by atoms with E-state index in [1.165, 1.54) is 4.90 Å². The molecule has 0 aromatic rings. The van der Waals surface area contributed by atoms with Crippen LogP contribution in [0.4, 0.5) is 18.0 Å². The lowest BCUT2D eigenvalue weighted by Gasteiger charge is -2.18. The predicted octanol–water partition coefficient (Wildman–Crippen LogP) is 1.61. The summed E-state index contributed by atoms with van der Waals surface area (Å²) in [6.07, 6.45) is -1.72. The van der Waals surface area contributed by atoms with Crippen LogP contribution in [0.1, 0.15) is 19.3 Å². The number of hydrogen-bond donors (Lipinski definition) is 0. The summed E-state index contributed by atoms with van der Waals surface area (Å²) in [5.74, 6) is -0.289. The van der Waals surface area contributed by atoms with Crippen LogP contribution in [0.5, 0.6) is 0 Å². The summed E-state index contributed by atoms with van der Waals surface area (Å²) >= 11 is 0. The lowest BCUT2D eigenvalue weighted by Crippen LogP contribution is -2.41. The number of halogens is 3. The maximum Gasteiger partial charge on any atom is 0.406 e. The molecule has 3 rings (SSSR count). The van der Waals surface area contributed by atoms with Crippen LogP contribution >= 0.6 is 0 Å². The van der Waals surface area contributed by atoms with Gasteiger partial charge in [0, 0.05) is 6.54 Å². The fourth-order valence-corrected chi connectivity index (χ4v) is 3.55. The van der Waals surface area contributed by atoms with Gasteiger partial charge in [-0.1, -0.05) is 6.42 Å². The Hall–Kier alpha value is -1.27. The molecule has 2 saturated heterocycles. The summed E-state index contributed by atoms with van der Waals surface area (Å²) in [6.45, 7) is -1.02. The van der Waals surface area contributed by atoms with Crippen LogP contribution in [-0.2, 0) is 4.79 Å². The predicted molar refractivity (Wildman–Crippen MR) is 54.5 cm³/mol. The van der Waals surface area contributed by atoms with Crippen LogP contribution in [-0.4, -0.2) is 47.0 Å². The lowest BCUT2D eigenvalue weighted by atomic mass is 9.93. The average molecular weight is 262 g/mol. The van der Waals surface area contributed by atoms with Gasteiger partial charge in [0.25, 0.3) is 5.91 Å². The van der Waals surface area contributed by atoms with E-state index in [0.717, 1.165) is 19.3 Å². The highest BCUT2D eigenvalue weighted by atomic mass is 19.4. The Morgan fingerprint density at radius 2 is 1.94 bits per heavy atom. The average Bonchev–Trinajstić information content (AvgIpc) is 2.85. The first-order chi connectivity index (χ1) is 8.38. The minimum Gasteiger partial charge on any atom is -0.312 e. The molecule has 0 N–H and O–H groups in total. The molecule has 3 amide bonds. The third kappa shape index (κ3) is 1.59. The number of nitrogens with zero attached hydrogens (tertiary/aromatic N) is 2. The van der Waals surface area contributed by atoms with Crippen molar-refractivity contribution >= 4 is 11.9 Å². The third-order valence-corrected chi connectivity index (χ3v) is 4.22. The van der Waals surface area contributed by atoms with Crippen LogP contribution in [0.25, 0.3) is 0 Å². The van der Waals surface area contributed by atoms with Crippen LogP contribution in [0.15, 0.2) is 0 Å². The largest absolute Gasteiger partial charge is 0.406 e. The maximum atomic E-state index is 12.3. The normalized spacial score (nSPS) is 35.4. The second kappa shape index (κ2) is 3.61. The van der Waals surface area contributed by atoms with E-state index in [-0.39, 0.29) is 5.92 Å². The van der Waals surface area contributed by atoms with Crippen molar-refractivity contribution in [3.8, 4) is 0 Å². The smallest absolute Gasteiger partial charge is 0.312 e. The number of fused-ring (bicyclic) bond motifs is 3. The second-order valence-corrected chi connectivity index (χ2v) is 5.27. The van der Waals surface area contributed by atoms with Crippen molar-refractivity contribution in [1.29, 1.82) is 0 Å². The molecule has 4 nitrogen and oxygen atoms in total. The molecule has 0 radical (unpaired) electrons. The molecule has 3 aliphatic rings. The molecule has 100 valence electrons. The highest BCUT2D eigenvalue weighted by Crippen LogP contribution is 2.45. The zero-order chi connectivity index (χ0) is 13.1. The van der Waals surface area contributed by atoms with Crippen molar-refractivity contribution in [2.24, 2.45) is 11.8 Å². The molecule has 0 aromatic carbocycles. The van der Waals surface area contributed by atoms with Gasteiger partial charge in [0.1, 0.15) is 12.6 Å². The highest BCUT2D eigenvalue weighted by Gasteiger charge is 2.58. The van der Waals surface area contributed by atoms with Gasteiger partial charge in [0.05, 0.1) is 0 Å². The van der Waals surface area contributed by atoms with Gasteiger partial charge in [0.15, 0.2) is 0 Å². The number of carbonyl (C=O) groups is 2. The molecule has 2 aliphatic heterocycles. The molecule has 1 saturated carbocycles. The Labute approximate surface area is 102 Å². The zero-order valence-corrected chi connectivity index (χ0v) is 9.61. The van der Waals surface area contributed by atoms with Gasteiger partial charge in [0.2, 0.25) is 0 Å². The maximum absolute atomic E-state index is 12.3. The van der Waals surface area contributed by atoms with E-state index < -0.39 is 30.7 Å². The number of urea groups is 1. The van der Waals surface area contributed by atoms with Gasteiger partial charge in [-0.25, -0.2) is 4.79 Å². The molecule has 0 bridgehead atoms. The van der Waals surface area contributed by atoms with Crippen molar-refractivity contribution in [3.63, 3.8) is 0 Å². The molecule has 0 aromatic heterocycles. The molecule has 2 heterocycles. The number of carbonyl (C=O) groups excluding carboxylic acids is 2. The number of alkyl halides is 3. The minimum absolute atomic E-state index is 0.0692. The summed E-state index contributed by atoms with van der Waals surface area (Å²) in [7, 11) is 0.